The van der Waals surface area contributed by atoms with Gasteiger partial charge in [-0.1, -0.05) is 12.0 Å². The minimum Gasteiger partial charge on any atom is -0.350 e. The predicted octanol–water partition coefficient (Wildman–Crippen LogP) is 5.56. The molecule has 0 spiro atoms. The first kappa shape index (κ1) is 28.2. The van der Waals surface area contributed by atoms with Crippen molar-refractivity contribution in [3.63, 3.8) is 0 Å². The van der Waals surface area contributed by atoms with Crippen LogP contribution in [0.3, 0.4) is 0 Å². The van der Waals surface area contributed by atoms with Gasteiger partial charge >= 0.3 is 6.18 Å². The number of aryl methyl sites for hydroxylation is 1. The maximum absolute atomic E-state index is 14.9. The van der Waals surface area contributed by atoms with Crippen LogP contribution in [0.5, 0.6) is 0 Å². The lowest BCUT2D eigenvalue weighted by Crippen LogP contribution is -2.17. The minimum atomic E-state index is -4.71. The topological polar surface area (TPSA) is 118 Å². The van der Waals surface area contributed by atoms with Crippen LogP contribution in [0.4, 0.5) is 34.6 Å². The highest BCUT2D eigenvalue weighted by atomic mass is 19.4. The van der Waals surface area contributed by atoms with Gasteiger partial charge in [0.2, 0.25) is 0 Å². The Balaban J connectivity index is 1.26. The average molecular weight is 600 g/mol. The van der Waals surface area contributed by atoms with Crippen molar-refractivity contribution < 1.29 is 22.4 Å². The van der Waals surface area contributed by atoms with Gasteiger partial charge in [-0.25, -0.2) is 19.0 Å². The van der Waals surface area contributed by atoms with Crippen LogP contribution in [0.25, 0.3) is 5.65 Å². The molecule has 0 unspecified atom stereocenters. The summed E-state index contributed by atoms with van der Waals surface area (Å²) in [5.41, 5.74) is 1.90. The van der Waals surface area contributed by atoms with E-state index < -0.39 is 23.5 Å². The number of nitrogens with one attached hydrogen (secondary N) is 3. The van der Waals surface area contributed by atoms with E-state index in [1.807, 2.05) is 12.1 Å². The van der Waals surface area contributed by atoms with E-state index in [1.165, 1.54) is 35.5 Å². The second kappa shape index (κ2) is 11.4. The second-order valence-electron chi connectivity index (χ2n) is 9.68. The van der Waals surface area contributed by atoms with Crippen LogP contribution in [0, 0.1) is 24.6 Å². The van der Waals surface area contributed by atoms with E-state index in [4.69, 9.17) is 0 Å². The van der Waals surface area contributed by atoms with Crippen molar-refractivity contribution in [1.82, 2.24) is 34.3 Å². The van der Waals surface area contributed by atoms with Crippen molar-refractivity contribution >= 4 is 28.6 Å². The van der Waals surface area contributed by atoms with Gasteiger partial charge < -0.3 is 10.6 Å². The van der Waals surface area contributed by atoms with E-state index in [0.29, 0.717) is 22.5 Å². The minimum absolute atomic E-state index is 0.0724. The maximum Gasteiger partial charge on any atom is 0.416 e. The summed E-state index contributed by atoms with van der Waals surface area (Å²) >= 11 is 0. The fourth-order valence-corrected chi connectivity index (χ4v) is 4.53. The molecular formula is C30H21F4N9O. The molecule has 0 saturated heterocycles. The SMILES string of the molecule is Cc1cc(F)c(C(=O)Nc2ccc(Cn3cncn3)c(C(F)(F)F)c2)cc1C#Cc1cnc2c(Nc3cn[nH]c3)cccn12. The summed E-state index contributed by atoms with van der Waals surface area (Å²) in [6.45, 7) is 1.46. The smallest absolute Gasteiger partial charge is 0.350 e. The Morgan fingerprint density at radius 2 is 1.95 bits per heavy atom. The van der Waals surface area contributed by atoms with E-state index in [0.717, 1.165) is 23.5 Å². The van der Waals surface area contributed by atoms with E-state index in [9.17, 15) is 22.4 Å². The van der Waals surface area contributed by atoms with Crippen molar-refractivity contribution in [2.24, 2.45) is 0 Å². The van der Waals surface area contributed by atoms with Crippen LogP contribution in [0.15, 0.2) is 79.9 Å². The molecule has 0 aliphatic heterocycles. The zero-order chi connectivity index (χ0) is 30.8. The molecule has 6 aromatic rings. The van der Waals surface area contributed by atoms with Gasteiger partial charge in [0.1, 0.15) is 24.2 Å². The molecule has 0 radical (unpaired) electrons. The summed E-state index contributed by atoms with van der Waals surface area (Å²) in [6.07, 6.45) is 4.50. The number of aromatic nitrogens is 7. The third-order valence-corrected chi connectivity index (χ3v) is 6.67. The number of nitrogens with zero attached hydrogens (tertiary/aromatic N) is 6. The Labute approximate surface area is 246 Å². The Morgan fingerprint density at radius 1 is 1.09 bits per heavy atom. The van der Waals surface area contributed by atoms with Gasteiger partial charge in [0, 0.05) is 23.6 Å². The predicted molar refractivity (Wildman–Crippen MR) is 153 cm³/mol. The molecule has 0 aliphatic rings. The molecule has 0 saturated carbocycles. The molecule has 1 amide bonds. The number of rotatable bonds is 6. The molecule has 0 atom stereocenters. The molecule has 0 bridgehead atoms. The number of carbonyl (C=O) groups is 1. The highest BCUT2D eigenvalue weighted by Gasteiger charge is 2.34. The lowest BCUT2D eigenvalue weighted by Gasteiger charge is -2.15. The van der Waals surface area contributed by atoms with Crippen molar-refractivity contribution in [3.8, 4) is 11.8 Å². The first-order chi connectivity index (χ1) is 21.2. The normalized spacial score (nSPS) is 11.3. The number of aromatic amines is 1. The van der Waals surface area contributed by atoms with Crippen LogP contribution in [0.2, 0.25) is 0 Å². The largest absolute Gasteiger partial charge is 0.416 e. The number of amides is 1. The molecule has 14 heteroatoms. The lowest BCUT2D eigenvalue weighted by molar-refractivity contribution is -0.138. The van der Waals surface area contributed by atoms with E-state index in [1.54, 1.807) is 36.1 Å². The Hall–Kier alpha value is -5.97. The van der Waals surface area contributed by atoms with Gasteiger partial charge in [-0.15, -0.1) is 0 Å². The zero-order valence-corrected chi connectivity index (χ0v) is 22.8. The number of fused-ring (bicyclic) bond motifs is 1. The monoisotopic (exact) mass is 599 g/mol. The van der Waals surface area contributed by atoms with Crippen LogP contribution >= 0.6 is 0 Å². The summed E-state index contributed by atoms with van der Waals surface area (Å²) in [5, 5.41) is 16.1. The molecule has 0 aliphatic carbocycles. The number of carbonyl (C=O) groups excluding carboxylic acids is 1. The maximum atomic E-state index is 14.9. The molecule has 0 fully saturated rings. The lowest BCUT2D eigenvalue weighted by atomic mass is 10.0. The summed E-state index contributed by atoms with van der Waals surface area (Å²) in [7, 11) is 0. The fraction of sp³-hybridized carbons (Fsp3) is 0.100. The number of benzene rings is 2. The number of imidazole rings is 1. The van der Waals surface area contributed by atoms with Crippen molar-refractivity contribution in [2.75, 3.05) is 10.6 Å². The Morgan fingerprint density at radius 3 is 2.70 bits per heavy atom. The first-order valence-electron chi connectivity index (χ1n) is 13.0. The number of hydrogen-bond acceptors (Lipinski definition) is 6. The Bertz CT molecular complexity index is 2040. The summed E-state index contributed by atoms with van der Waals surface area (Å²) in [4.78, 5) is 21.2. The third kappa shape index (κ3) is 5.84. The number of halogens is 4. The third-order valence-electron chi connectivity index (χ3n) is 6.67. The van der Waals surface area contributed by atoms with Gasteiger partial charge in [-0.2, -0.15) is 23.4 Å². The highest BCUT2D eigenvalue weighted by molar-refractivity contribution is 6.04. The van der Waals surface area contributed by atoms with Gasteiger partial charge in [-0.05, 0) is 60.4 Å². The first-order valence-corrected chi connectivity index (χ1v) is 13.0. The van der Waals surface area contributed by atoms with Gasteiger partial charge in [0.25, 0.3) is 5.91 Å². The number of alkyl halides is 3. The molecule has 4 heterocycles. The molecule has 2 aromatic carbocycles. The molecular weight excluding hydrogens is 578 g/mol. The highest BCUT2D eigenvalue weighted by Crippen LogP contribution is 2.34. The fourth-order valence-electron chi connectivity index (χ4n) is 4.53. The second-order valence-corrected chi connectivity index (χ2v) is 9.68. The molecule has 10 nitrogen and oxygen atoms in total. The Kier molecular flexibility index (Phi) is 7.28. The summed E-state index contributed by atoms with van der Waals surface area (Å²) in [5.74, 6) is 4.21. The summed E-state index contributed by atoms with van der Waals surface area (Å²) < 4.78 is 59.4. The van der Waals surface area contributed by atoms with Crippen LogP contribution < -0.4 is 10.6 Å². The molecule has 6 rings (SSSR count). The van der Waals surface area contributed by atoms with E-state index in [-0.39, 0.29) is 23.4 Å². The average Bonchev–Trinajstić information content (AvgIpc) is 3.76. The van der Waals surface area contributed by atoms with Crippen molar-refractivity contribution in [2.45, 2.75) is 19.6 Å². The summed E-state index contributed by atoms with van der Waals surface area (Å²) in [6, 6.07) is 9.44. The van der Waals surface area contributed by atoms with Crippen molar-refractivity contribution in [3.05, 3.63) is 119 Å². The molecule has 44 heavy (non-hydrogen) atoms. The quantitative estimate of drug-likeness (QED) is 0.171. The molecule has 4 aromatic heterocycles. The number of hydrogen-bond donors (Lipinski definition) is 3. The van der Waals surface area contributed by atoms with Gasteiger partial charge in [-0.3, -0.25) is 14.3 Å². The van der Waals surface area contributed by atoms with Crippen LogP contribution in [0.1, 0.15) is 38.3 Å². The zero-order valence-electron chi connectivity index (χ0n) is 22.8. The van der Waals surface area contributed by atoms with Gasteiger partial charge in [0.05, 0.1) is 41.4 Å². The number of anilines is 3. The number of H-pyrrole nitrogens is 1. The standard InChI is InChI=1S/C30H21F4N9O/c1-18-9-26(31)24(29(44)41-21-6-4-20(15-42-17-35-16-39-42)25(11-21)30(32,33)34)10-19(18)5-7-23-14-36-28-27(3-2-8-43(23)28)40-22-12-37-38-13-22/h2-4,6,8-14,16-17,40H,15H2,1H3,(H,37,38)(H,41,44). The van der Waals surface area contributed by atoms with Crippen molar-refractivity contribution in [1.29, 1.82) is 0 Å². The van der Waals surface area contributed by atoms with E-state index >= 15 is 0 Å². The van der Waals surface area contributed by atoms with E-state index in [2.05, 4.69) is 47.7 Å². The van der Waals surface area contributed by atoms with Crippen LogP contribution in [-0.4, -0.2) is 40.3 Å². The molecule has 3 N–H and O–H groups in total. The molecule has 220 valence electrons. The number of pyridine rings is 1. The van der Waals surface area contributed by atoms with Crippen LogP contribution in [-0.2, 0) is 12.7 Å². The van der Waals surface area contributed by atoms with Gasteiger partial charge in [0.15, 0.2) is 5.65 Å².